The summed E-state index contributed by atoms with van der Waals surface area (Å²) < 4.78 is 13.2. The van der Waals surface area contributed by atoms with Crippen molar-refractivity contribution in [2.75, 3.05) is 6.54 Å². The molecule has 0 aliphatic heterocycles. The average Bonchev–Trinajstić information content (AvgIpc) is 2.66. The zero-order chi connectivity index (χ0) is 21.4. The Bertz CT molecular complexity index is 798. The van der Waals surface area contributed by atoms with E-state index >= 15 is 0 Å². The summed E-state index contributed by atoms with van der Waals surface area (Å²) >= 11 is 0. The van der Waals surface area contributed by atoms with Crippen LogP contribution < -0.4 is 5.32 Å². The van der Waals surface area contributed by atoms with Crippen LogP contribution in [0.4, 0.5) is 4.39 Å². The molecule has 2 aromatic rings. The van der Waals surface area contributed by atoms with Gasteiger partial charge in [-0.1, -0.05) is 49.4 Å². The number of carbonyl (C=O) groups is 2. The van der Waals surface area contributed by atoms with Gasteiger partial charge in [0.2, 0.25) is 11.8 Å². The van der Waals surface area contributed by atoms with Gasteiger partial charge in [0.05, 0.1) is 6.42 Å². The lowest BCUT2D eigenvalue weighted by molar-refractivity contribution is -0.140. The molecule has 5 heteroatoms. The minimum absolute atomic E-state index is 0.133. The van der Waals surface area contributed by atoms with Gasteiger partial charge >= 0.3 is 0 Å². The highest BCUT2D eigenvalue weighted by molar-refractivity contribution is 5.88. The molecule has 0 saturated carbocycles. The predicted octanol–water partition coefficient (Wildman–Crippen LogP) is 4.13. The molecule has 1 atom stereocenters. The van der Waals surface area contributed by atoms with Gasteiger partial charge < -0.3 is 10.2 Å². The molecular formula is C24H31FN2O2. The highest BCUT2D eigenvalue weighted by Crippen LogP contribution is 2.14. The molecule has 0 aromatic heterocycles. The van der Waals surface area contributed by atoms with Crippen molar-refractivity contribution in [2.24, 2.45) is 0 Å². The van der Waals surface area contributed by atoms with Crippen LogP contribution in [0.3, 0.4) is 0 Å². The summed E-state index contributed by atoms with van der Waals surface area (Å²) in [6, 6.07) is 15.3. The normalized spacial score (nSPS) is 12.3. The Hall–Kier alpha value is -2.69. The first-order valence-electron chi connectivity index (χ1n) is 10.1. The molecule has 0 radical (unpaired) electrons. The minimum atomic E-state index is -0.550. The number of carbonyl (C=O) groups excluding carboxylic acids is 2. The lowest BCUT2D eigenvalue weighted by Gasteiger charge is -2.33. The average molecular weight is 399 g/mol. The summed E-state index contributed by atoms with van der Waals surface area (Å²) in [5.74, 6) is -0.623. The molecule has 0 fully saturated rings. The second-order valence-electron chi connectivity index (χ2n) is 8.29. The highest BCUT2D eigenvalue weighted by atomic mass is 19.1. The Labute approximate surface area is 173 Å². The number of rotatable bonds is 8. The Morgan fingerprint density at radius 3 is 2.17 bits per heavy atom. The molecule has 0 bridgehead atoms. The van der Waals surface area contributed by atoms with Crippen molar-refractivity contribution in [3.8, 4) is 0 Å². The smallest absolute Gasteiger partial charge is 0.243 e. The van der Waals surface area contributed by atoms with Gasteiger partial charge in [0.1, 0.15) is 11.9 Å². The first-order valence-corrected chi connectivity index (χ1v) is 10.1. The molecule has 2 aromatic carbocycles. The van der Waals surface area contributed by atoms with Crippen LogP contribution in [0, 0.1) is 5.82 Å². The van der Waals surface area contributed by atoms with Crippen molar-refractivity contribution < 1.29 is 14.0 Å². The van der Waals surface area contributed by atoms with Crippen LogP contribution in [0.1, 0.15) is 45.2 Å². The maximum atomic E-state index is 13.2. The van der Waals surface area contributed by atoms with E-state index in [2.05, 4.69) is 5.32 Å². The van der Waals surface area contributed by atoms with Gasteiger partial charge in [-0.25, -0.2) is 4.39 Å². The van der Waals surface area contributed by atoms with Gasteiger partial charge in [0.15, 0.2) is 0 Å². The molecule has 1 N–H and O–H groups in total. The molecule has 0 unspecified atom stereocenters. The van der Waals surface area contributed by atoms with E-state index < -0.39 is 6.04 Å². The molecule has 0 spiro atoms. The topological polar surface area (TPSA) is 49.4 Å². The van der Waals surface area contributed by atoms with Crippen molar-refractivity contribution in [2.45, 2.75) is 58.5 Å². The van der Waals surface area contributed by atoms with Crippen molar-refractivity contribution in [3.05, 3.63) is 71.5 Å². The van der Waals surface area contributed by atoms with E-state index in [1.165, 1.54) is 12.1 Å². The van der Waals surface area contributed by atoms with Gasteiger partial charge in [-0.2, -0.15) is 0 Å². The molecule has 156 valence electrons. The maximum absolute atomic E-state index is 13.2. The Morgan fingerprint density at radius 1 is 1.00 bits per heavy atom. The fourth-order valence-corrected chi connectivity index (χ4v) is 3.23. The van der Waals surface area contributed by atoms with Crippen LogP contribution in [0.5, 0.6) is 0 Å². The number of hydrogen-bond acceptors (Lipinski definition) is 2. The van der Waals surface area contributed by atoms with E-state index in [-0.39, 0.29) is 29.6 Å². The van der Waals surface area contributed by atoms with Crippen LogP contribution in [0.2, 0.25) is 0 Å². The SMILES string of the molecule is CC[C@H](C(=O)NC(C)(C)C)N(CCc1ccccc1)C(=O)Cc1ccc(F)cc1. The van der Waals surface area contributed by atoms with Crippen molar-refractivity contribution in [1.29, 1.82) is 0 Å². The maximum Gasteiger partial charge on any atom is 0.243 e. The molecule has 2 rings (SSSR count). The highest BCUT2D eigenvalue weighted by Gasteiger charge is 2.30. The zero-order valence-electron chi connectivity index (χ0n) is 17.7. The summed E-state index contributed by atoms with van der Waals surface area (Å²) in [5, 5.41) is 2.99. The quantitative estimate of drug-likeness (QED) is 0.727. The Kier molecular flexibility index (Phi) is 7.94. The third-order valence-electron chi connectivity index (χ3n) is 4.64. The molecule has 0 heterocycles. The van der Waals surface area contributed by atoms with Crippen molar-refractivity contribution >= 4 is 11.8 Å². The molecule has 4 nitrogen and oxygen atoms in total. The van der Waals surface area contributed by atoms with Crippen LogP contribution in [0.25, 0.3) is 0 Å². The van der Waals surface area contributed by atoms with Gasteiger partial charge in [-0.3, -0.25) is 9.59 Å². The van der Waals surface area contributed by atoms with Gasteiger partial charge in [-0.05, 0) is 56.9 Å². The monoisotopic (exact) mass is 398 g/mol. The fraction of sp³-hybridized carbons (Fsp3) is 0.417. The van der Waals surface area contributed by atoms with Gasteiger partial charge in [0, 0.05) is 12.1 Å². The van der Waals surface area contributed by atoms with Gasteiger partial charge in [-0.15, -0.1) is 0 Å². The van der Waals surface area contributed by atoms with Crippen LogP contribution in [-0.4, -0.2) is 34.8 Å². The molecule has 2 amide bonds. The van der Waals surface area contributed by atoms with Crippen LogP contribution >= 0.6 is 0 Å². The second kappa shape index (κ2) is 10.2. The molecule has 0 aliphatic rings. The van der Waals surface area contributed by atoms with Crippen molar-refractivity contribution in [3.63, 3.8) is 0 Å². The molecule has 0 aliphatic carbocycles. The summed E-state index contributed by atoms with van der Waals surface area (Å²) in [7, 11) is 0. The lowest BCUT2D eigenvalue weighted by atomic mass is 10.0. The van der Waals surface area contributed by atoms with Gasteiger partial charge in [0.25, 0.3) is 0 Å². The third kappa shape index (κ3) is 7.33. The largest absolute Gasteiger partial charge is 0.350 e. The zero-order valence-corrected chi connectivity index (χ0v) is 17.7. The second-order valence-corrected chi connectivity index (χ2v) is 8.29. The third-order valence-corrected chi connectivity index (χ3v) is 4.64. The number of benzene rings is 2. The Balaban J connectivity index is 2.21. The first-order chi connectivity index (χ1) is 13.7. The summed E-state index contributed by atoms with van der Waals surface area (Å²) in [6.07, 6.45) is 1.32. The molecular weight excluding hydrogens is 367 g/mol. The van der Waals surface area contributed by atoms with E-state index in [9.17, 15) is 14.0 Å². The number of nitrogens with one attached hydrogen (secondary N) is 1. The summed E-state index contributed by atoms with van der Waals surface area (Å²) in [6.45, 7) is 8.12. The summed E-state index contributed by atoms with van der Waals surface area (Å²) in [5.41, 5.74) is 1.46. The standard InChI is InChI=1S/C24H31FN2O2/c1-5-21(23(29)26-24(2,3)4)27(16-15-18-9-7-6-8-10-18)22(28)17-19-11-13-20(25)14-12-19/h6-14,21H,5,15-17H2,1-4H3,(H,26,29)/t21-/m1/s1. The number of halogens is 1. The fourth-order valence-electron chi connectivity index (χ4n) is 3.23. The van der Waals surface area contributed by atoms with E-state index in [0.29, 0.717) is 19.4 Å². The van der Waals surface area contributed by atoms with Crippen LogP contribution in [0.15, 0.2) is 54.6 Å². The first kappa shape index (κ1) is 22.6. The van der Waals surface area contributed by atoms with E-state index in [1.54, 1.807) is 17.0 Å². The molecule has 29 heavy (non-hydrogen) atoms. The number of amides is 2. The molecule has 0 saturated heterocycles. The predicted molar refractivity (Wildman–Crippen MR) is 114 cm³/mol. The summed E-state index contributed by atoms with van der Waals surface area (Å²) in [4.78, 5) is 27.7. The lowest BCUT2D eigenvalue weighted by Crippen LogP contribution is -2.54. The van der Waals surface area contributed by atoms with Crippen molar-refractivity contribution in [1.82, 2.24) is 10.2 Å². The Morgan fingerprint density at radius 2 is 1.62 bits per heavy atom. The minimum Gasteiger partial charge on any atom is -0.350 e. The number of nitrogens with zero attached hydrogens (tertiary/aromatic N) is 1. The van der Waals surface area contributed by atoms with E-state index in [4.69, 9.17) is 0 Å². The number of hydrogen-bond donors (Lipinski definition) is 1. The van der Waals surface area contributed by atoms with E-state index in [1.807, 2.05) is 58.0 Å². The van der Waals surface area contributed by atoms with Crippen LogP contribution in [-0.2, 0) is 22.4 Å². The van der Waals surface area contributed by atoms with E-state index in [0.717, 1.165) is 11.1 Å².